The van der Waals surface area contributed by atoms with Crippen LogP contribution in [-0.2, 0) is 25.0 Å². The Kier molecular flexibility index (Phi) is 11.9. The molecule has 4 N–H and O–H groups in total. The minimum Gasteiger partial charge on any atom is -0.393 e. The van der Waals surface area contributed by atoms with Crippen molar-refractivity contribution in [2.75, 3.05) is 12.5 Å². The topological polar surface area (TPSA) is 166 Å². The molecular weight excluding hydrogens is 556 g/mol. The van der Waals surface area contributed by atoms with Crippen LogP contribution in [0.15, 0.2) is 0 Å². The Labute approximate surface area is 242 Å². The van der Waals surface area contributed by atoms with Gasteiger partial charge in [-0.3, -0.25) is 13.9 Å². The van der Waals surface area contributed by atoms with Gasteiger partial charge in [0.2, 0.25) is 0 Å². The van der Waals surface area contributed by atoms with Crippen LogP contribution in [0.5, 0.6) is 0 Å². The standard InChI is InChI=1S/C27H46O3.2CH4O3S/c1-16(2)24(29)9-6-17(3)20-7-8-21-19-15-25(30)23-14-18(28)10-12-27(23,5)22(19)11-13-26(20,21)4;2*1-5(2,3)4/h16-23,25,28,30H,6-15H2,1-5H3;2*1H3,(H,2,3,4)/t17-,18-,19+,20-,21+,22+,23+,25+,26-,27-;;/m1../s1. The first-order valence-electron chi connectivity index (χ1n) is 14.8. The summed E-state index contributed by atoms with van der Waals surface area (Å²) in [5.74, 6) is 4.27. The monoisotopic (exact) mass is 610 g/mol. The summed E-state index contributed by atoms with van der Waals surface area (Å²) < 4.78 is 51.7. The molecule has 4 rings (SSSR count). The van der Waals surface area contributed by atoms with E-state index in [1.807, 2.05) is 13.8 Å². The van der Waals surface area contributed by atoms with Crippen LogP contribution in [0.1, 0.15) is 98.8 Å². The molecule has 0 bridgehead atoms. The van der Waals surface area contributed by atoms with Crippen molar-refractivity contribution in [1.29, 1.82) is 0 Å². The molecule has 11 heteroatoms. The number of aliphatic hydroxyl groups excluding tert-OH is 2. The first-order chi connectivity index (χ1) is 18.1. The van der Waals surface area contributed by atoms with Crippen molar-refractivity contribution in [3.63, 3.8) is 0 Å². The van der Waals surface area contributed by atoms with Gasteiger partial charge in [-0.15, -0.1) is 0 Å². The Balaban J connectivity index is 0.000000482. The Morgan fingerprint density at radius 2 is 1.30 bits per heavy atom. The van der Waals surface area contributed by atoms with E-state index in [2.05, 4.69) is 20.8 Å². The molecule has 0 spiro atoms. The third-order valence-electron chi connectivity index (χ3n) is 10.9. The summed E-state index contributed by atoms with van der Waals surface area (Å²) in [5, 5.41) is 21.4. The Morgan fingerprint density at radius 1 is 0.800 bits per heavy atom. The van der Waals surface area contributed by atoms with E-state index in [4.69, 9.17) is 9.11 Å². The molecule has 236 valence electrons. The van der Waals surface area contributed by atoms with Crippen LogP contribution < -0.4 is 0 Å². The minimum atomic E-state index is -3.67. The lowest BCUT2D eigenvalue weighted by molar-refractivity contribution is -0.172. The zero-order valence-electron chi connectivity index (χ0n) is 25.4. The third-order valence-corrected chi connectivity index (χ3v) is 10.9. The molecule has 40 heavy (non-hydrogen) atoms. The normalized spacial score (nSPS) is 39.9. The summed E-state index contributed by atoms with van der Waals surface area (Å²) >= 11 is 0. The fourth-order valence-electron chi connectivity index (χ4n) is 9.11. The molecule has 0 radical (unpaired) electrons. The van der Waals surface area contributed by atoms with Gasteiger partial charge >= 0.3 is 0 Å². The number of aliphatic hydroxyl groups is 2. The van der Waals surface area contributed by atoms with E-state index in [0.29, 0.717) is 41.5 Å². The number of Topliss-reactive ketones (excluding diaryl/α,β-unsaturated/α-hetero) is 1. The van der Waals surface area contributed by atoms with Gasteiger partial charge in [0, 0.05) is 12.3 Å². The quantitative estimate of drug-likeness (QED) is 0.325. The molecule has 0 aliphatic heterocycles. The first-order valence-corrected chi connectivity index (χ1v) is 18.5. The lowest BCUT2D eigenvalue weighted by atomic mass is 9.44. The van der Waals surface area contributed by atoms with E-state index >= 15 is 0 Å². The molecule has 4 aliphatic carbocycles. The maximum absolute atomic E-state index is 12.2. The van der Waals surface area contributed by atoms with Crippen LogP contribution in [0.3, 0.4) is 0 Å². The molecule has 0 amide bonds. The summed E-state index contributed by atoms with van der Waals surface area (Å²) in [6.07, 6.45) is 11.7. The summed E-state index contributed by atoms with van der Waals surface area (Å²) in [4.78, 5) is 12.2. The van der Waals surface area contributed by atoms with Crippen molar-refractivity contribution in [3.8, 4) is 0 Å². The van der Waals surface area contributed by atoms with Gasteiger partial charge in [0.1, 0.15) is 5.78 Å². The van der Waals surface area contributed by atoms with Crippen LogP contribution in [0.4, 0.5) is 0 Å². The number of hydrogen-bond donors (Lipinski definition) is 4. The van der Waals surface area contributed by atoms with Gasteiger partial charge in [-0.25, -0.2) is 0 Å². The highest BCUT2D eigenvalue weighted by Gasteiger charge is 2.62. The predicted octanol–water partition coefficient (Wildman–Crippen LogP) is 4.63. The average molecular weight is 611 g/mol. The second-order valence-electron chi connectivity index (χ2n) is 14.1. The van der Waals surface area contributed by atoms with Crippen molar-refractivity contribution >= 4 is 26.0 Å². The maximum atomic E-state index is 12.2. The number of hydrogen-bond acceptors (Lipinski definition) is 7. The molecule has 4 aliphatic rings. The van der Waals surface area contributed by atoms with Gasteiger partial charge in [-0.05, 0) is 104 Å². The maximum Gasteiger partial charge on any atom is 0.261 e. The predicted molar refractivity (Wildman–Crippen MR) is 156 cm³/mol. The van der Waals surface area contributed by atoms with Gasteiger partial charge in [0.05, 0.1) is 24.7 Å². The van der Waals surface area contributed by atoms with Crippen LogP contribution in [0.25, 0.3) is 0 Å². The van der Waals surface area contributed by atoms with Crippen LogP contribution >= 0.6 is 0 Å². The Morgan fingerprint density at radius 3 is 1.82 bits per heavy atom. The molecule has 0 saturated heterocycles. The fraction of sp³-hybridized carbons (Fsp3) is 0.966. The highest BCUT2D eigenvalue weighted by Crippen LogP contribution is 2.68. The van der Waals surface area contributed by atoms with Crippen LogP contribution in [0.2, 0.25) is 0 Å². The summed E-state index contributed by atoms with van der Waals surface area (Å²) in [6, 6.07) is 0. The Bertz CT molecular complexity index is 1030. The molecule has 0 heterocycles. The van der Waals surface area contributed by atoms with E-state index in [-0.39, 0.29) is 29.5 Å². The highest BCUT2D eigenvalue weighted by atomic mass is 32.2. The lowest BCUT2D eigenvalue weighted by Crippen LogP contribution is -2.58. The van der Waals surface area contributed by atoms with Crippen molar-refractivity contribution < 1.29 is 40.9 Å². The first kappa shape index (κ1) is 35.6. The molecule has 10 atom stereocenters. The zero-order chi connectivity index (χ0) is 30.8. The third kappa shape index (κ3) is 9.20. The number of ketones is 1. The van der Waals surface area contributed by atoms with E-state index < -0.39 is 20.2 Å². The van der Waals surface area contributed by atoms with Gasteiger partial charge in [0.15, 0.2) is 0 Å². The second kappa shape index (κ2) is 13.4. The smallest absolute Gasteiger partial charge is 0.261 e. The molecular formula is C29H54O9S2. The zero-order valence-corrected chi connectivity index (χ0v) is 27.0. The highest BCUT2D eigenvalue weighted by molar-refractivity contribution is 7.85. The average Bonchev–Trinajstić information content (AvgIpc) is 3.13. The Hall–Kier alpha value is -0.590. The summed E-state index contributed by atoms with van der Waals surface area (Å²) in [6.45, 7) is 11.4. The molecule has 4 saturated carbocycles. The van der Waals surface area contributed by atoms with Gasteiger partial charge < -0.3 is 10.2 Å². The van der Waals surface area contributed by atoms with E-state index in [9.17, 15) is 31.8 Å². The molecule has 4 fully saturated rings. The molecule has 0 aromatic carbocycles. The van der Waals surface area contributed by atoms with Gasteiger partial charge in [0.25, 0.3) is 20.2 Å². The SMILES string of the molecule is CC(C)C(=O)CC[C@@H](C)[C@H]1CC[C@H]2[C@@H]3C[C@H](O)[C@@H]4C[C@H](O)CC[C@]4(C)[C@H]3CC[C@]12C.CS(=O)(=O)O.CS(=O)(=O)O. The van der Waals surface area contributed by atoms with E-state index in [0.717, 1.165) is 50.4 Å². The molecule has 0 aromatic heterocycles. The lowest BCUT2D eigenvalue weighted by Gasteiger charge is -2.62. The van der Waals surface area contributed by atoms with Crippen molar-refractivity contribution in [3.05, 3.63) is 0 Å². The fourth-order valence-corrected chi connectivity index (χ4v) is 9.11. The number of fused-ring (bicyclic) bond motifs is 5. The minimum absolute atomic E-state index is 0.158. The number of rotatable bonds is 5. The van der Waals surface area contributed by atoms with E-state index in [1.165, 1.54) is 25.7 Å². The van der Waals surface area contributed by atoms with Crippen LogP contribution in [0, 0.1) is 52.3 Å². The van der Waals surface area contributed by atoms with E-state index in [1.54, 1.807) is 0 Å². The summed E-state index contributed by atoms with van der Waals surface area (Å²) in [5.41, 5.74) is 0.578. The van der Waals surface area contributed by atoms with Crippen molar-refractivity contribution in [2.45, 2.75) is 111 Å². The number of carbonyl (C=O) groups excluding carboxylic acids is 1. The molecule has 9 nitrogen and oxygen atoms in total. The second-order valence-corrected chi connectivity index (χ2v) is 17.0. The van der Waals surface area contributed by atoms with Gasteiger partial charge in [-0.1, -0.05) is 34.6 Å². The van der Waals surface area contributed by atoms with Gasteiger partial charge in [-0.2, -0.15) is 16.8 Å². The van der Waals surface area contributed by atoms with Crippen LogP contribution in [-0.4, -0.2) is 66.7 Å². The largest absolute Gasteiger partial charge is 0.393 e. The number of carbonyl (C=O) groups is 1. The van der Waals surface area contributed by atoms with Crippen molar-refractivity contribution in [2.24, 2.45) is 52.3 Å². The molecule has 0 aromatic rings. The summed E-state index contributed by atoms with van der Waals surface area (Å²) in [7, 11) is -7.33. The van der Waals surface area contributed by atoms with Crippen molar-refractivity contribution in [1.82, 2.24) is 0 Å². The molecule has 0 unspecified atom stereocenters.